The van der Waals surface area contributed by atoms with Crippen molar-refractivity contribution in [2.24, 2.45) is 0 Å². The lowest BCUT2D eigenvalue weighted by molar-refractivity contribution is -0.137. The van der Waals surface area contributed by atoms with Gasteiger partial charge >= 0.3 is 6.18 Å². The normalized spacial score (nSPS) is 11.3. The number of pyridine rings is 1. The zero-order valence-corrected chi connectivity index (χ0v) is 9.50. The topological polar surface area (TPSA) is 50.7 Å². The maximum absolute atomic E-state index is 12.7. The molecule has 0 bridgehead atoms. The quantitative estimate of drug-likeness (QED) is 0.854. The van der Waals surface area contributed by atoms with Crippen LogP contribution in [0.2, 0.25) is 5.28 Å². The summed E-state index contributed by atoms with van der Waals surface area (Å²) < 4.78 is 38.1. The van der Waals surface area contributed by atoms with E-state index in [-0.39, 0.29) is 11.1 Å². The van der Waals surface area contributed by atoms with E-state index < -0.39 is 17.6 Å². The molecule has 0 aliphatic heterocycles. The third kappa shape index (κ3) is 2.86. The summed E-state index contributed by atoms with van der Waals surface area (Å²) in [6.07, 6.45) is -2.50. The Bertz CT molecular complexity index is 545. The zero-order chi connectivity index (χ0) is 13.2. The molecule has 0 unspecified atom stereocenters. The van der Waals surface area contributed by atoms with Crippen molar-refractivity contribution >= 4 is 23.2 Å². The number of aromatic nitrogens is 3. The van der Waals surface area contributed by atoms with Gasteiger partial charge in [-0.25, -0.2) is 9.97 Å². The van der Waals surface area contributed by atoms with E-state index in [1.165, 1.54) is 12.3 Å². The molecule has 4 nitrogen and oxygen atoms in total. The van der Waals surface area contributed by atoms with Crippen LogP contribution in [0, 0.1) is 0 Å². The maximum atomic E-state index is 12.7. The van der Waals surface area contributed by atoms with Crippen LogP contribution in [0.1, 0.15) is 5.56 Å². The molecular weight excluding hydrogens is 269 g/mol. The van der Waals surface area contributed by atoms with E-state index in [1.807, 2.05) is 0 Å². The van der Waals surface area contributed by atoms with E-state index in [0.717, 1.165) is 0 Å². The Hall–Kier alpha value is -1.89. The van der Waals surface area contributed by atoms with Gasteiger partial charge < -0.3 is 5.32 Å². The van der Waals surface area contributed by atoms with E-state index in [2.05, 4.69) is 20.3 Å². The molecule has 2 aromatic rings. The van der Waals surface area contributed by atoms with E-state index in [9.17, 15) is 13.2 Å². The van der Waals surface area contributed by atoms with Crippen LogP contribution in [0.25, 0.3) is 0 Å². The van der Waals surface area contributed by atoms with Crippen molar-refractivity contribution < 1.29 is 13.2 Å². The molecule has 0 spiro atoms. The smallest absolute Gasteiger partial charge is 0.324 e. The molecule has 0 radical (unpaired) electrons. The van der Waals surface area contributed by atoms with Gasteiger partial charge in [-0.2, -0.15) is 18.2 Å². The Morgan fingerprint density at radius 3 is 2.56 bits per heavy atom. The van der Waals surface area contributed by atoms with E-state index in [4.69, 9.17) is 11.6 Å². The highest BCUT2D eigenvalue weighted by Crippen LogP contribution is 2.34. The first-order valence-corrected chi connectivity index (χ1v) is 5.12. The fourth-order valence-electron chi connectivity index (χ4n) is 1.22. The van der Waals surface area contributed by atoms with Gasteiger partial charge in [-0.05, 0) is 23.7 Å². The highest BCUT2D eigenvalue weighted by atomic mass is 35.5. The van der Waals surface area contributed by atoms with E-state index in [1.54, 1.807) is 12.1 Å². The average molecular weight is 275 g/mol. The minimum absolute atomic E-state index is 0.234. The molecule has 18 heavy (non-hydrogen) atoms. The highest BCUT2D eigenvalue weighted by molar-refractivity contribution is 6.28. The molecule has 8 heteroatoms. The van der Waals surface area contributed by atoms with Gasteiger partial charge in [0.2, 0.25) is 5.28 Å². The molecule has 0 amide bonds. The summed E-state index contributed by atoms with van der Waals surface area (Å²) in [6.45, 7) is 0. The number of halogens is 4. The minimum Gasteiger partial charge on any atom is -0.324 e. The summed E-state index contributed by atoms with van der Waals surface area (Å²) in [5.74, 6) is -0.195. The number of alkyl halides is 3. The Balaban J connectivity index is 2.40. The first kappa shape index (κ1) is 12.6. The van der Waals surface area contributed by atoms with Gasteiger partial charge in [-0.15, -0.1) is 0 Å². The summed E-state index contributed by atoms with van der Waals surface area (Å²) in [7, 11) is 0. The lowest BCUT2D eigenvalue weighted by Gasteiger charge is -2.12. The summed E-state index contributed by atoms with van der Waals surface area (Å²) in [5, 5.41) is 2.18. The van der Waals surface area contributed by atoms with Crippen molar-refractivity contribution in [3.8, 4) is 0 Å². The Kier molecular flexibility index (Phi) is 3.33. The summed E-state index contributed by atoms with van der Waals surface area (Å²) in [6, 6.07) is 4.78. The van der Waals surface area contributed by atoms with Crippen molar-refractivity contribution in [2.75, 3.05) is 5.32 Å². The molecule has 0 aromatic carbocycles. The number of hydrogen-bond donors (Lipinski definition) is 1. The third-order valence-corrected chi connectivity index (χ3v) is 2.16. The minimum atomic E-state index is -4.57. The largest absolute Gasteiger partial charge is 0.421 e. The monoisotopic (exact) mass is 274 g/mol. The standard InChI is InChI=1S/C10H6ClF3N4/c11-9-16-5-6(10(12,13)14)8(18-9)17-7-3-1-2-4-15-7/h1-5H,(H,15,16,17,18). The SMILES string of the molecule is FC(F)(F)c1cnc(Cl)nc1Nc1ccccn1. The Morgan fingerprint density at radius 1 is 1.17 bits per heavy atom. The van der Waals surface area contributed by atoms with Crippen LogP contribution >= 0.6 is 11.6 Å². The number of nitrogens with zero attached hydrogens (tertiary/aromatic N) is 3. The summed E-state index contributed by atoms with van der Waals surface area (Å²) in [5.41, 5.74) is -1.00. The number of rotatable bonds is 2. The fourth-order valence-corrected chi connectivity index (χ4v) is 1.35. The van der Waals surface area contributed by atoms with Crippen molar-refractivity contribution in [1.29, 1.82) is 0 Å². The lowest BCUT2D eigenvalue weighted by Crippen LogP contribution is -2.11. The molecule has 2 heterocycles. The molecule has 0 atom stereocenters. The van der Waals surface area contributed by atoms with Crippen molar-refractivity contribution in [2.45, 2.75) is 6.18 Å². The van der Waals surface area contributed by atoms with Crippen molar-refractivity contribution in [1.82, 2.24) is 15.0 Å². The lowest BCUT2D eigenvalue weighted by atomic mass is 10.3. The molecule has 0 aliphatic rings. The number of anilines is 2. The van der Waals surface area contributed by atoms with E-state index in [0.29, 0.717) is 6.20 Å². The molecule has 2 aromatic heterocycles. The average Bonchev–Trinajstić information content (AvgIpc) is 2.28. The molecule has 0 saturated carbocycles. The van der Waals surface area contributed by atoms with E-state index >= 15 is 0 Å². The second-order valence-corrected chi connectivity index (χ2v) is 3.58. The van der Waals surface area contributed by atoms with Crippen LogP contribution in [0.3, 0.4) is 0 Å². The Labute approximate surface area is 105 Å². The molecule has 2 rings (SSSR count). The molecular formula is C10H6ClF3N4. The van der Waals surface area contributed by atoms with Crippen molar-refractivity contribution in [3.05, 3.63) is 41.4 Å². The Morgan fingerprint density at radius 2 is 1.94 bits per heavy atom. The van der Waals surface area contributed by atoms with Gasteiger partial charge in [-0.1, -0.05) is 6.07 Å². The van der Waals surface area contributed by atoms with Crippen LogP contribution in [0.4, 0.5) is 24.8 Å². The first-order chi connectivity index (χ1) is 8.47. The summed E-state index contributed by atoms with van der Waals surface area (Å²) >= 11 is 5.48. The van der Waals surface area contributed by atoms with Gasteiger partial charge in [-0.3, -0.25) is 0 Å². The molecule has 94 valence electrons. The van der Waals surface area contributed by atoms with Crippen molar-refractivity contribution in [3.63, 3.8) is 0 Å². The molecule has 0 aliphatic carbocycles. The van der Waals surface area contributed by atoms with Crippen LogP contribution in [0.5, 0.6) is 0 Å². The third-order valence-electron chi connectivity index (χ3n) is 1.98. The second-order valence-electron chi connectivity index (χ2n) is 3.24. The second kappa shape index (κ2) is 4.77. The van der Waals surface area contributed by atoms with Crippen LogP contribution < -0.4 is 5.32 Å². The fraction of sp³-hybridized carbons (Fsp3) is 0.100. The number of nitrogens with one attached hydrogen (secondary N) is 1. The van der Waals surface area contributed by atoms with Crippen LogP contribution in [-0.4, -0.2) is 15.0 Å². The van der Waals surface area contributed by atoms with Gasteiger partial charge in [0.15, 0.2) is 0 Å². The van der Waals surface area contributed by atoms with Crippen LogP contribution in [0.15, 0.2) is 30.6 Å². The highest BCUT2D eigenvalue weighted by Gasteiger charge is 2.35. The zero-order valence-electron chi connectivity index (χ0n) is 8.74. The predicted molar refractivity (Wildman–Crippen MR) is 59.6 cm³/mol. The van der Waals surface area contributed by atoms with Gasteiger partial charge in [0.05, 0.1) is 0 Å². The van der Waals surface area contributed by atoms with Gasteiger partial charge in [0.25, 0.3) is 0 Å². The molecule has 1 N–H and O–H groups in total. The van der Waals surface area contributed by atoms with Gasteiger partial charge in [0.1, 0.15) is 17.2 Å². The van der Waals surface area contributed by atoms with Gasteiger partial charge in [0, 0.05) is 12.4 Å². The summed E-state index contributed by atoms with van der Waals surface area (Å²) in [4.78, 5) is 10.7. The predicted octanol–water partition coefficient (Wildman–Crippen LogP) is 3.29. The number of hydrogen-bond acceptors (Lipinski definition) is 4. The maximum Gasteiger partial charge on any atom is 0.421 e. The molecule has 0 fully saturated rings. The first-order valence-electron chi connectivity index (χ1n) is 4.74. The van der Waals surface area contributed by atoms with Crippen LogP contribution in [-0.2, 0) is 6.18 Å². The molecule has 0 saturated heterocycles.